The molecule has 0 heterocycles. The maximum Gasteiger partial charge on any atom is 0.131 e. The molecule has 0 amide bonds. The van der Waals surface area contributed by atoms with E-state index in [1.54, 1.807) is 0 Å². The Balaban J connectivity index is 2.98. The van der Waals surface area contributed by atoms with Gasteiger partial charge in [0.05, 0.1) is 6.61 Å². The molecule has 0 unspecified atom stereocenters. The van der Waals surface area contributed by atoms with Crippen molar-refractivity contribution in [3.05, 3.63) is 34.9 Å². The largest absolute Gasteiger partial charge is 0.380 e. The van der Waals surface area contributed by atoms with Gasteiger partial charge >= 0.3 is 0 Å². The molecule has 0 aliphatic carbocycles. The fraction of sp³-hybridized carbons (Fsp3) is 0.400. The first-order valence-corrected chi connectivity index (χ1v) is 4.34. The Morgan fingerprint density at radius 3 is 2.29 bits per heavy atom. The lowest BCUT2D eigenvalue weighted by Gasteiger charge is -2.06. The molecule has 0 saturated carbocycles. The second-order valence-electron chi connectivity index (χ2n) is 3.01. The van der Waals surface area contributed by atoms with Crippen molar-refractivity contribution >= 4 is 0 Å². The van der Waals surface area contributed by atoms with Crippen LogP contribution in [0.3, 0.4) is 0 Å². The average Bonchev–Trinajstić information content (AvgIpc) is 2.12. The Morgan fingerprint density at radius 2 is 1.86 bits per heavy atom. The fourth-order valence-corrected chi connectivity index (χ4v) is 1.25. The summed E-state index contributed by atoms with van der Waals surface area (Å²) in [5.41, 5.74) is 5.83. The van der Waals surface area contributed by atoms with Gasteiger partial charge in [-0.1, -0.05) is 0 Å². The van der Waals surface area contributed by atoms with Crippen molar-refractivity contribution < 1.29 is 13.5 Å². The molecule has 4 heteroatoms. The summed E-state index contributed by atoms with van der Waals surface area (Å²) in [6, 6.07) is 2.59. The van der Waals surface area contributed by atoms with Crippen molar-refractivity contribution in [1.29, 1.82) is 0 Å². The highest BCUT2D eigenvalue weighted by Gasteiger charge is 2.10. The summed E-state index contributed by atoms with van der Waals surface area (Å²) in [6.45, 7) is 0.322. The number of hydrogen-bond donors (Lipinski definition) is 1. The van der Waals surface area contributed by atoms with Crippen molar-refractivity contribution in [2.45, 2.75) is 13.0 Å². The molecule has 0 fully saturated rings. The third-order valence-electron chi connectivity index (χ3n) is 1.92. The summed E-state index contributed by atoms with van der Waals surface area (Å²) in [6.07, 6.45) is 0.473. The molecule has 2 nitrogen and oxygen atoms in total. The Bertz CT molecular complexity index is 292. The van der Waals surface area contributed by atoms with E-state index >= 15 is 0 Å². The minimum atomic E-state index is -0.574. The summed E-state index contributed by atoms with van der Waals surface area (Å²) in [4.78, 5) is 0. The molecule has 1 aromatic rings. The number of halogens is 2. The van der Waals surface area contributed by atoms with Crippen molar-refractivity contribution in [3.8, 4) is 0 Å². The van der Waals surface area contributed by atoms with Gasteiger partial charge in [-0.05, 0) is 30.7 Å². The van der Waals surface area contributed by atoms with Gasteiger partial charge < -0.3 is 10.5 Å². The summed E-state index contributed by atoms with van der Waals surface area (Å²) in [5.74, 6) is -1.15. The Labute approximate surface area is 81.7 Å². The van der Waals surface area contributed by atoms with Crippen molar-refractivity contribution in [3.63, 3.8) is 0 Å². The van der Waals surface area contributed by atoms with Gasteiger partial charge in [0.1, 0.15) is 11.6 Å². The first-order chi connectivity index (χ1) is 6.69. The number of methoxy groups -OCH3 is 1. The van der Waals surface area contributed by atoms with Crippen LogP contribution in [0.5, 0.6) is 0 Å². The third kappa shape index (κ3) is 2.49. The van der Waals surface area contributed by atoms with Crippen LogP contribution in [-0.4, -0.2) is 13.7 Å². The van der Waals surface area contributed by atoms with E-state index in [1.165, 1.54) is 19.2 Å². The SMILES string of the molecule is COCc1c(F)cc(CCN)cc1F. The first-order valence-electron chi connectivity index (χ1n) is 4.34. The van der Waals surface area contributed by atoms with Gasteiger partial charge in [-0.25, -0.2) is 8.78 Å². The molecule has 0 radical (unpaired) electrons. The number of nitrogens with two attached hydrogens (primary N) is 1. The fourth-order valence-electron chi connectivity index (χ4n) is 1.25. The normalized spacial score (nSPS) is 10.6. The molecule has 0 spiro atoms. The zero-order valence-electron chi connectivity index (χ0n) is 8.02. The van der Waals surface area contributed by atoms with E-state index in [0.29, 0.717) is 18.5 Å². The van der Waals surface area contributed by atoms with E-state index < -0.39 is 11.6 Å². The standard InChI is InChI=1S/C10H13F2NO/c1-14-6-8-9(11)4-7(2-3-13)5-10(8)12/h4-5H,2-3,6,13H2,1H3. The number of benzene rings is 1. The number of rotatable bonds is 4. The molecule has 2 N–H and O–H groups in total. The Morgan fingerprint density at radius 1 is 1.29 bits per heavy atom. The van der Waals surface area contributed by atoms with Gasteiger partial charge in [-0.15, -0.1) is 0 Å². The topological polar surface area (TPSA) is 35.2 Å². The molecule has 0 saturated heterocycles. The minimum absolute atomic E-state index is 0.0340. The first kappa shape index (κ1) is 11.1. The summed E-state index contributed by atoms with van der Waals surface area (Å²) < 4.78 is 31.2. The zero-order chi connectivity index (χ0) is 10.6. The predicted molar refractivity (Wildman–Crippen MR) is 49.8 cm³/mol. The molecule has 14 heavy (non-hydrogen) atoms. The molecule has 1 rings (SSSR count). The van der Waals surface area contributed by atoms with E-state index in [9.17, 15) is 8.78 Å². The van der Waals surface area contributed by atoms with Crippen molar-refractivity contribution in [2.24, 2.45) is 5.73 Å². The van der Waals surface area contributed by atoms with E-state index in [0.717, 1.165) is 0 Å². The van der Waals surface area contributed by atoms with Gasteiger partial charge in [-0.3, -0.25) is 0 Å². The average molecular weight is 201 g/mol. The van der Waals surface area contributed by atoms with E-state index in [2.05, 4.69) is 4.74 Å². The maximum atomic E-state index is 13.3. The van der Waals surface area contributed by atoms with Crippen molar-refractivity contribution in [1.82, 2.24) is 0 Å². The van der Waals surface area contributed by atoms with Gasteiger partial charge in [0.15, 0.2) is 0 Å². The zero-order valence-corrected chi connectivity index (χ0v) is 8.02. The summed E-state index contributed by atoms with van der Waals surface area (Å²) in [7, 11) is 1.40. The summed E-state index contributed by atoms with van der Waals surface area (Å²) in [5, 5.41) is 0. The number of hydrogen-bond acceptors (Lipinski definition) is 2. The monoisotopic (exact) mass is 201 g/mol. The molecule has 0 bridgehead atoms. The van der Waals surface area contributed by atoms with Crippen LogP contribution in [0.25, 0.3) is 0 Å². The highest BCUT2D eigenvalue weighted by Crippen LogP contribution is 2.16. The van der Waals surface area contributed by atoms with Gasteiger partial charge in [-0.2, -0.15) is 0 Å². The van der Waals surface area contributed by atoms with Gasteiger partial charge in [0.25, 0.3) is 0 Å². The molecule has 0 aliphatic heterocycles. The Kier molecular flexibility index (Phi) is 3.98. The molecule has 0 aromatic heterocycles. The molecule has 1 aromatic carbocycles. The van der Waals surface area contributed by atoms with E-state index in [4.69, 9.17) is 5.73 Å². The quantitative estimate of drug-likeness (QED) is 0.803. The van der Waals surface area contributed by atoms with Crippen LogP contribution in [-0.2, 0) is 17.8 Å². The summed E-state index contributed by atoms with van der Waals surface area (Å²) >= 11 is 0. The number of ether oxygens (including phenoxy) is 1. The van der Waals surface area contributed by atoms with Crippen LogP contribution in [0.1, 0.15) is 11.1 Å². The second kappa shape index (κ2) is 5.02. The van der Waals surface area contributed by atoms with Crippen LogP contribution in [0.15, 0.2) is 12.1 Å². The lowest BCUT2D eigenvalue weighted by Crippen LogP contribution is -2.05. The third-order valence-corrected chi connectivity index (χ3v) is 1.92. The minimum Gasteiger partial charge on any atom is -0.380 e. The molecular formula is C10H13F2NO. The highest BCUT2D eigenvalue weighted by molar-refractivity contribution is 5.26. The van der Waals surface area contributed by atoms with Crippen molar-refractivity contribution in [2.75, 3.05) is 13.7 Å². The van der Waals surface area contributed by atoms with Crippen LogP contribution in [0, 0.1) is 11.6 Å². The lowest BCUT2D eigenvalue weighted by atomic mass is 10.1. The van der Waals surface area contributed by atoms with Gasteiger partial charge in [0.2, 0.25) is 0 Å². The molecule has 0 atom stereocenters. The maximum absolute atomic E-state index is 13.3. The predicted octanol–water partition coefficient (Wildman–Crippen LogP) is 1.61. The Hall–Kier alpha value is -1.00. The molecule has 78 valence electrons. The second-order valence-corrected chi connectivity index (χ2v) is 3.01. The molecular weight excluding hydrogens is 188 g/mol. The smallest absolute Gasteiger partial charge is 0.131 e. The van der Waals surface area contributed by atoms with Crippen LogP contribution >= 0.6 is 0 Å². The van der Waals surface area contributed by atoms with E-state index in [1.807, 2.05) is 0 Å². The van der Waals surface area contributed by atoms with Crippen LogP contribution in [0.4, 0.5) is 8.78 Å². The highest BCUT2D eigenvalue weighted by atomic mass is 19.1. The van der Waals surface area contributed by atoms with Crippen LogP contribution < -0.4 is 5.73 Å². The van der Waals surface area contributed by atoms with Crippen LogP contribution in [0.2, 0.25) is 0 Å². The van der Waals surface area contributed by atoms with Gasteiger partial charge in [0, 0.05) is 12.7 Å². The molecule has 0 aliphatic rings. The lowest BCUT2D eigenvalue weighted by molar-refractivity contribution is 0.177. The van der Waals surface area contributed by atoms with E-state index in [-0.39, 0.29) is 12.2 Å².